The average Bonchev–Trinajstić information content (AvgIpc) is 2.44. The van der Waals surface area contributed by atoms with Crippen LogP contribution in [0, 0.1) is 16.2 Å². The molecule has 0 amide bonds. The average molecular weight is 314 g/mol. The van der Waals surface area contributed by atoms with Crippen LogP contribution in [0.15, 0.2) is 0 Å². The number of methoxy groups -OCH3 is 1. The first-order valence-corrected chi connectivity index (χ1v) is 7.98. The minimum absolute atomic E-state index is 0.0256. The fourth-order valence-corrected chi connectivity index (χ4v) is 2.83. The number of hydrogen-bond donors (Lipinski definition) is 0. The fourth-order valence-electron chi connectivity index (χ4n) is 2.83. The Labute approximate surface area is 133 Å². The van der Waals surface area contributed by atoms with Gasteiger partial charge in [0.05, 0.1) is 36.6 Å². The molecule has 22 heavy (non-hydrogen) atoms. The monoisotopic (exact) mass is 314 g/mol. The summed E-state index contributed by atoms with van der Waals surface area (Å²) in [6.07, 6.45) is 1.94. The highest BCUT2D eigenvalue weighted by molar-refractivity contribution is 5.80. The summed E-state index contributed by atoms with van der Waals surface area (Å²) in [6.45, 7) is 11.2. The molecule has 5 heteroatoms. The van der Waals surface area contributed by atoms with E-state index in [2.05, 4.69) is 6.92 Å². The van der Waals surface area contributed by atoms with Crippen LogP contribution in [0.25, 0.3) is 0 Å². The van der Waals surface area contributed by atoms with Crippen LogP contribution in [-0.4, -0.2) is 38.9 Å². The Morgan fingerprint density at radius 2 is 1.73 bits per heavy atom. The molecular formula is C17H30O5. The van der Waals surface area contributed by atoms with Crippen molar-refractivity contribution in [3.8, 4) is 0 Å². The lowest BCUT2D eigenvalue weighted by atomic mass is 9.72. The van der Waals surface area contributed by atoms with Gasteiger partial charge in [-0.15, -0.1) is 0 Å². The molecule has 1 aliphatic rings. The maximum Gasteiger partial charge on any atom is 0.311 e. The molecule has 0 saturated carbocycles. The van der Waals surface area contributed by atoms with Gasteiger partial charge >= 0.3 is 11.9 Å². The van der Waals surface area contributed by atoms with Crippen LogP contribution in [-0.2, 0) is 23.8 Å². The van der Waals surface area contributed by atoms with Gasteiger partial charge in [0.15, 0.2) is 0 Å². The zero-order valence-corrected chi connectivity index (χ0v) is 14.8. The maximum absolute atomic E-state index is 12.5. The molecule has 1 heterocycles. The van der Waals surface area contributed by atoms with E-state index < -0.39 is 10.8 Å². The highest BCUT2D eigenvalue weighted by Crippen LogP contribution is 2.39. The van der Waals surface area contributed by atoms with Gasteiger partial charge in [-0.3, -0.25) is 9.59 Å². The number of esters is 2. The van der Waals surface area contributed by atoms with E-state index in [4.69, 9.17) is 14.2 Å². The van der Waals surface area contributed by atoms with E-state index in [0.29, 0.717) is 32.7 Å². The van der Waals surface area contributed by atoms with Crippen molar-refractivity contribution in [1.29, 1.82) is 0 Å². The lowest BCUT2D eigenvalue weighted by molar-refractivity contribution is -0.180. The molecule has 0 bridgehead atoms. The molecule has 0 spiro atoms. The van der Waals surface area contributed by atoms with Crippen LogP contribution in [0.4, 0.5) is 0 Å². The third-order valence-electron chi connectivity index (χ3n) is 4.92. The minimum Gasteiger partial charge on any atom is -0.469 e. The van der Waals surface area contributed by atoms with Crippen molar-refractivity contribution >= 4 is 11.9 Å². The Bertz CT molecular complexity index is 406. The molecule has 0 aromatic rings. The normalized spacial score (nSPS) is 19.7. The second-order valence-corrected chi connectivity index (χ2v) is 7.39. The zero-order chi connectivity index (χ0) is 17.0. The largest absolute Gasteiger partial charge is 0.469 e. The molecule has 1 atom stereocenters. The second-order valence-electron chi connectivity index (χ2n) is 7.39. The van der Waals surface area contributed by atoms with Gasteiger partial charge in [0.25, 0.3) is 0 Å². The van der Waals surface area contributed by atoms with Crippen LogP contribution >= 0.6 is 0 Å². The standard InChI is InChI=1S/C17H30O5/c1-7-16(5,14(19)20-6)9-15(3,4)13(18)22-12-17(8-2)10-21-11-17/h7-12H2,1-6H3. The van der Waals surface area contributed by atoms with Crippen molar-refractivity contribution in [2.75, 3.05) is 26.9 Å². The minimum atomic E-state index is -0.738. The number of carbonyl (C=O) groups is 2. The van der Waals surface area contributed by atoms with Gasteiger partial charge in [-0.05, 0) is 40.0 Å². The van der Waals surface area contributed by atoms with Crippen LogP contribution in [0.5, 0.6) is 0 Å². The molecule has 1 saturated heterocycles. The molecule has 0 aromatic heterocycles. The van der Waals surface area contributed by atoms with E-state index in [-0.39, 0.29) is 17.4 Å². The molecular weight excluding hydrogens is 284 g/mol. The van der Waals surface area contributed by atoms with E-state index in [9.17, 15) is 9.59 Å². The van der Waals surface area contributed by atoms with Crippen LogP contribution in [0.3, 0.4) is 0 Å². The van der Waals surface area contributed by atoms with Gasteiger partial charge in [-0.2, -0.15) is 0 Å². The predicted molar refractivity (Wildman–Crippen MR) is 83.3 cm³/mol. The highest BCUT2D eigenvalue weighted by Gasteiger charge is 2.44. The molecule has 0 radical (unpaired) electrons. The predicted octanol–water partition coefficient (Wildman–Crippen LogP) is 2.96. The van der Waals surface area contributed by atoms with E-state index in [0.717, 1.165) is 6.42 Å². The maximum atomic E-state index is 12.5. The SMILES string of the molecule is CCC1(COC(=O)C(C)(C)CC(C)(CC)C(=O)OC)COC1. The summed E-state index contributed by atoms with van der Waals surface area (Å²) in [4.78, 5) is 24.4. The van der Waals surface area contributed by atoms with Crippen molar-refractivity contribution in [2.24, 2.45) is 16.2 Å². The number of carbonyl (C=O) groups excluding carboxylic acids is 2. The van der Waals surface area contributed by atoms with Gasteiger partial charge in [-0.1, -0.05) is 13.8 Å². The Morgan fingerprint density at radius 1 is 1.14 bits per heavy atom. The molecule has 1 fully saturated rings. The molecule has 0 N–H and O–H groups in total. The quantitative estimate of drug-likeness (QED) is 0.645. The highest BCUT2D eigenvalue weighted by atomic mass is 16.5. The van der Waals surface area contributed by atoms with Crippen molar-refractivity contribution < 1.29 is 23.8 Å². The van der Waals surface area contributed by atoms with Gasteiger partial charge < -0.3 is 14.2 Å². The molecule has 128 valence electrons. The summed E-state index contributed by atoms with van der Waals surface area (Å²) in [7, 11) is 1.38. The number of ether oxygens (including phenoxy) is 3. The van der Waals surface area contributed by atoms with E-state index in [1.165, 1.54) is 7.11 Å². The lowest BCUT2D eigenvalue weighted by Crippen LogP contribution is -2.47. The summed E-state index contributed by atoms with van der Waals surface area (Å²) in [5.41, 5.74) is -1.44. The first-order chi connectivity index (χ1) is 10.1. The molecule has 1 rings (SSSR count). The third-order valence-corrected chi connectivity index (χ3v) is 4.92. The molecule has 0 aliphatic carbocycles. The van der Waals surface area contributed by atoms with Crippen LogP contribution in [0.1, 0.15) is 53.9 Å². The van der Waals surface area contributed by atoms with Gasteiger partial charge in [-0.25, -0.2) is 0 Å². The molecule has 0 aromatic carbocycles. The third kappa shape index (κ3) is 4.00. The second kappa shape index (κ2) is 6.99. The first kappa shape index (κ1) is 18.9. The van der Waals surface area contributed by atoms with Crippen molar-refractivity contribution in [3.05, 3.63) is 0 Å². The Kier molecular flexibility index (Phi) is 6.02. The summed E-state index contributed by atoms with van der Waals surface area (Å²) >= 11 is 0. The number of rotatable bonds is 8. The van der Waals surface area contributed by atoms with Crippen LogP contribution in [0.2, 0.25) is 0 Å². The lowest BCUT2D eigenvalue weighted by Gasteiger charge is -2.41. The van der Waals surface area contributed by atoms with E-state index in [1.807, 2.05) is 27.7 Å². The molecule has 1 aliphatic heterocycles. The molecule has 1 unspecified atom stereocenters. The Hall–Kier alpha value is -1.10. The zero-order valence-electron chi connectivity index (χ0n) is 14.8. The van der Waals surface area contributed by atoms with E-state index in [1.54, 1.807) is 0 Å². The fraction of sp³-hybridized carbons (Fsp3) is 0.882. The smallest absolute Gasteiger partial charge is 0.311 e. The summed E-state index contributed by atoms with van der Waals surface area (Å²) in [5, 5.41) is 0. The Morgan fingerprint density at radius 3 is 2.09 bits per heavy atom. The van der Waals surface area contributed by atoms with Gasteiger partial charge in [0.2, 0.25) is 0 Å². The van der Waals surface area contributed by atoms with Gasteiger partial charge in [0.1, 0.15) is 6.61 Å². The van der Waals surface area contributed by atoms with Crippen molar-refractivity contribution in [2.45, 2.75) is 53.9 Å². The topological polar surface area (TPSA) is 61.8 Å². The number of hydrogen-bond acceptors (Lipinski definition) is 5. The summed E-state index contributed by atoms with van der Waals surface area (Å²) in [5.74, 6) is -0.552. The van der Waals surface area contributed by atoms with E-state index >= 15 is 0 Å². The summed E-state index contributed by atoms with van der Waals surface area (Å²) in [6, 6.07) is 0. The summed E-state index contributed by atoms with van der Waals surface area (Å²) < 4.78 is 15.7. The van der Waals surface area contributed by atoms with Crippen molar-refractivity contribution in [3.63, 3.8) is 0 Å². The van der Waals surface area contributed by atoms with Crippen molar-refractivity contribution in [1.82, 2.24) is 0 Å². The first-order valence-electron chi connectivity index (χ1n) is 7.98. The van der Waals surface area contributed by atoms with Crippen LogP contribution < -0.4 is 0 Å². The van der Waals surface area contributed by atoms with Gasteiger partial charge in [0, 0.05) is 0 Å². The molecule has 5 nitrogen and oxygen atoms in total. The Balaban J connectivity index is 2.67.